The Morgan fingerprint density at radius 2 is 2.31 bits per heavy atom. The Kier molecular flexibility index (Phi) is 3.10. The zero-order chi connectivity index (χ0) is 11.5. The van der Waals surface area contributed by atoms with E-state index in [9.17, 15) is 9.90 Å². The van der Waals surface area contributed by atoms with Crippen LogP contribution in [0.25, 0.3) is 0 Å². The average Bonchev–Trinajstić information content (AvgIpc) is 2.18. The summed E-state index contributed by atoms with van der Waals surface area (Å²) in [5.74, 6) is 0.129. The van der Waals surface area contributed by atoms with Crippen molar-refractivity contribution in [3.8, 4) is 5.75 Å². The Hall–Kier alpha value is -1.55. The van der Waals surface area contributed by atoms with Gasteiger partial charge in [0.15, 0.2) is 0 Å². The van der Waals surface area contributed by atoms with Crippen LogP contribution in [0, 0.1) is 5.92 Å². The summed E-state index contributed by atoms with van der Waals surface area (Å²) in [7, 11) is 0. The number of carbonyl (C=O) groups is 1. The molecule has 4 nitrogen and oxygen atoms in total. The van der Waals surface area contributed by atoms with Crippen LogP contribution in [0.4, 0.5) is 5.69 Å². The molecule has 0 saturated carbocycles. The highest BCUT2D eigenvalue weighted by molar-refractivity contribution is 5.94. The fourth-order valence-corrected chi connectivity index (χ4v) is 1.61. The van der Waals surface area contributed by atoms with Gasteiger partial charge in [-0.25, -0.2) is 0 Å². The highest BCUT2D eigenvalue weighted by atomic mass is 16.3. The minimum atomic E-state index is -0.0256. The molecular formula is C12H16N2O2. The molecule has 0 aromatic heterocycles. The second-order valence-corrected chi connectivity index (χ2v) is 4.05. The number of rotatable bonds is 3. The van der Waals surface area contributed by atoms with Gasteiger partial charge in [-0.15, -0.1) is 0 Å². The van der Waals surface area contributed by atoms with Gasteiger partial charge < -0.3 is 15.7 Å². The topological polar surface area (TPSA) is 61.4 Å². The van der Waals surface area contributed by atoms with Crippen LogP contribution in [-0.2, 0) is 11.2 Å². The van der Waals surface area contributed by atoms with E-state index in [1.165, 1.54) is 0 Å². The lowest BCUT2D eigenvalue weighted by Gasteiger charge is -2.26. The molecule has 0 radical (unpaired) electrons. The minimum Gasteiger partial charge on any atom is -0.506 e. The zero-order valence-electron chi connectivity index (χ0n) is 9.29. The molecule has 1 aliphatic heterocycles. The Morgan fingerprint density at radius 1 is 1.56 bits per heavy atom. The maximum Gasteiger partial charge on any atom is 0.230 e. The van der Waals surface area contributed by atoms with Gasteiger partial charge in [0.05, 0.1) is 11.6 Å². The van der Waals surface area contributed by atoms with E-state index in [0.29, 0.717) is 5.69 Å². The van der Waals surface area contributed by atoms with Gasteiger partial charge in [-0.05, 0) is 24.1 Å². The lowest BCUT2D eigenvalue weighted by molar-refractivity contribution is -0.121. The Bertz CT molecular complexity index is 400. The standard InChI is InChI=1S/C12H16N2O2/c1-2-8-3-4-11(15)10(5-8)14-12(16)9-6-13-7-9/h3-5,9,13,15H,2,6-7H2,1H3,(H,14,16). The van der Waals surface area contributed by atoms with E-state index in [1.807, 2.05) is 19.1 Å². The first-order chi connectivity index (χ1) is 7.70. The SMILES string of the molecule is CCc1ccc(O)c(NC(=O)C2CNC2)c1. The molecule has 0 bridgehead atoms. The third kappa shape index (κ3) is 2.17. The summed E-state index contributed by atoms with van der Waals surface area (Å²) < 4.78 is 0. The van der Waals surface area contributed by atoms with E-state index < -0.39 is 0 Å². The van der Waals surface area contributed by atoms with Crippen molar-refractivity contribution in [1.29, 1.82) is 0 Å². The van der Waals surface area contributed by atoms with Crippen molar-refractivity contribution in [3.63, 3.8) is 0 Å². The summed E-state index contributed by atoms with van der Waals surface area (Å²) in [6.45, 7) is 3.48. The van der Waals surface area contributed by atoms with Crippen molar-refractivity contribution in [2.24, 2.45) is 5.92 Å². The fraction of sp³-hybridized carbons (Fsp3) is 0.417. The number of hydrogen-bond donors (Lipinski definition) is 3. The quantitative estimate of drug-likeness (QED) is 0.669. The van der Waals surface area contributed by atoms with E-state index in [1.54, 1.807) is 6.07 Å². The fourth-order valence-electron chi connectivity index (χ4n) is 1.61. The Labute approximate surface area is 94.7 Å². The first kappa shape index (κ1) is 11.0. The molecule has 3 N–H and O–H groups in total. The molecule has 1 fully saturated rings. The van der Waals surface area contributed by atoms with Gasteiger partial charge in [-0.3, -0.25) is 4.79 Å². The number of nitrogens with one attached hydrogen (secondary N) is 2. The van der Waals surface area contributed by atoms with E-state index in [0.717, 1.165) is 25.1 Å². The second kappa shape index (κ2) is 4.53. The first-order valence-electron chi connectivity index (χ1n) is 5.54. The highest BCUT2D eigenvalue weighted by Crippen LogP contribution is 2.25. The molecule has 1 aliphatic rings. The Balaban J connectivity index is 2.09. The van der Waals surface area contributed by atoms with E-state index >= 15 is 0 Å². The number of phenols is 1. The molecular weight excluding hydrogens is 204 g/mol. The summed E-state index contributed by atoms with van der Waals surface area (Å²) in [6, 6.07) is 5.29. The molecule has 16 heavy (non-hydrogen) atoms. The molecule has 1 aromatic rings. The number of anilines is 1. The van der Waals surface area contributed by atoms with Crippen LogP contribution in [0.2, 0.25) is 0 Å². The van der Waals surface area contributed by atoms with Gasteiger partial charge in [-0.1, -0.05) is 13.0 Å². The Morgan fingerprint density at radius 3 is 2.88 bits per heavy atom. The molecule has 1 amide bonds. The van der Waals surface area contributed by atoms with Gasteiger partial charge in [0, 0.05) is 13.1 Å². The molecule has 0 unspecified atom stereocenters. The molecule has 1 saturated heterocycles. The van der Waals surface area contributed by atoms with E-state index in [-0.39, 0.29) is 17.6 Å². The molecule has 1 aromatic carbocycles. The highest BCUT2D eigenvalue weighted by Gasteiger charge is 2.25. The number of carbonyl (C=O) groups excluding carboxylic acids is 1. The predicted octanol–water partition coefficient (Wildman–Crippen LogP) is 1.11. The van der Waals surface area contributed by atoms with Crippen molar-refractivity contribution in [2.45, 2.75) is 13.3 Å². The summed E-state index contributed by atoms with van der Waals surface area (Å²) in [5.41, 5.74) is 1.61. The lowest BCUT2D eigenvalue weighted by atomic mass is 10.0. The van der Waals surface area contributed by atoms with E-state index in [4.69, 9.17) is 0 Å². The van der Waals surface area contributed by atoms with Crippen molar-refractivity contribution >= 4 is 11.6 Å². The number of phenolic OH excluding ortho intramolecular Hbond substituents is 1. The van der Waals surface area contributed by atoms with Gasteiger partial charge in [0.25, 0.3) is 0 Å². The smallest absolute Gasteiger partial charge is 0.230 e. The van der Waals surface area contributed by atoms with Crippen LogP contribution in [0.3, 0.4) is 0 Å². The summed E-state index contributed by atoms with van der Waals surface area (Å²) in [6.07, 6.45) is 0.883. The molecule has 1 heterocycles. The monoisotopic (exact) mass is 220 g/mol. The molecule has 86 valence electrons. The third-order valence-corrected chi connectivity index (χ3v) is 2.88. The average molecular weight is 220 g/mol. The third-order valence-electron chi connectivity index (χ3n) is 2.88. The van der Waals surface area contributed by atoms with Crippen molar-refractivity contribution < 1.29 is 9.90 Å². The van der Waals surface area contributed by atoms with E-state index in [2.05, 4.69) is 10.6 Å². The first-order valence-corrected chi connectivity index (χ1v) is 5.54. The molecule has 0 spiro atoms. The maximum atomic E-state index is 11.7. The van der Waals surface area contributed by atoms with Crippen molar-refractivity contribution in [1.82, 2.24) is 5.32 Å². The van der Waals surface area contributed by atoms with Crippen LogP contribution in [0.5, 0.6) is 5.75 Å². The van der Waals surface area contributed by atoms with Crippen LogP contribution >= 0.6 is 0 Å². The lowest BCUT2D eigenvalue weighted by Crippen LogP contribution is -2.48. The molecule has 4 heteroatoms. The van der Waals surface area contributed by atoms with Gasteiger partial charge in [0.1, 0.15) is 5.75 Å². The van der Waals surface area contributed by atoms with Crippen LogP contribution in [0.15, 0.2) is 18.2 Å². The predicted molar refractivity (Wildman–Crippen MR) is 62.5 cm³/mol. The van der Waals surface area contributed by atoms with Crippen LogP contribution in [0.1, 0.15) is 12.5 Å². The number of amides is 1. The largest absolute Gasteiger partial charge is 0.506 e. The van der Waals surface area contributed by atoms with Crippen molar-refractivity contribution in [2.75, 3.05) is 18.4 Å². The molecule has 2 rings (SSSR count). The van der Waals surface area contributed by atoms with Crippen LogP contribution < -0.4 is 10.6 Å². The number of aryl methyl sites for hydroxylation is 1. The van der Waals surface area contributed by atoms with Gasteiger partial charge in [-0.2, -0.15) is 0 Å². The zero-order valence-corrected chi connectivity index (χ0v) is 9.29. The van der Waals surface area contributed by atoms with Gasteiger partial charge in [0.2, 0.25) is 5.91 Å². The number of aromatic hydroxyl groups is 1. The van der Waals surface area contributed by atoms with Crippen molar-refractivity contribution in [3.05, 3.63) is 23.8 Å². The summed E-state index contributed by atoms with van der Waals surface area (Å²) in [5, 5.41) is 15.4. The number of hydrogen-bond acceptors (Lipinski definition) is 3. The summed E-state index contributed by atoms with van der Waals surface area (Å²) >= 11 is 0. The molecule has 0 atom stereocenters. The normalized spacial score (nSPS) is 15.6. The number of benzene rings is 1. The van der Waals surface area contributed by atoms with Crippen LogP contribution in [-0.4, -0.2) is 24.1 Å². The summed E-state index contributed by atoms with van der Waals surface area (Å²) in [4.78, 5) is 11.7. The van der Waals surface area contributed by atoms with Gasteiger partial charge >= 0.3 is 0 Å². The second-order valence-electron chi connectivity index (χ2n) is 4.05. The molecule has 0 aliphatic carbocycles. The maximum absolute atomic E-state index is 11.7. The minimum absolute atomic E-state index is 0.0256.